The minimum Gasteiger partial charge on any atom is -0.274 e. The number of imide groups is 1. The fourth-order valence-corrected chi connectivity index (χ4v) is 2.68. The monoisotopic (exact) mass is 283 g/mol. The van der Waals surface area contributed by atoms with Gasteiger partial charge in [0.25, 0.3) is 0 Å². The van der Waals surface area contributed by atoms with Gasteiger partial charge in [-0.3, -0.25) is 14.5 Å². The molecule has 1 heterocycles. The number of hydrogen-bond acceptors (Lipinski definition) is 2. The quantitative estimate of drug-likeness (QED) is 0.812. The summed E-state index contributed by atoms with van der Waals surface area (Å²) >= 11 is 0. The zero-order valence-electron chi connectivity index (χ0n) is 11.3. The van der Waals surface area contributed by atoms with Crippen LogP contribution in [-0.4, -0.2) is 16.7 Å². The summed E-state index contributed by atoms with van der Waals surface area (Å²) in [7, 11) is 0. The second kappa shape index (κ2) is 5.48. The standard InChI is InChI=1S/C17H14FNO2/c18-14-9-5-4-8-13(14)17(12-6-2-1-3-7-12)19-15(20)10-11-16(19)21/h1-9,17H,10-11H2. The molecule has 106 valence electrons. The van der Waals surface area contributed by atoms with Crippen LogP contribution in [0.25, 0.3) is 0 Å². The Hall–Kier alpha value is -2.49. The van der Waals surface area contributed by atoms with Crippen LogP contribution < -0.4 is 0 Å². The summed E-state index contributed by atoms with van der Waals surface area (Å²) in [4.78, 5) is 25.3. The summed E-state index contributed by atoms with van der Waals surface area (Å²) in [5.74, 6) is -0.923. The Labute approximate surface area is 122 Å². The molecule has 1 aliphatic heterocycles. The van der Waals surface area contributed by atoms with Crippen molar-refractivity contribution in [2.24, 2.45) is 0 Å². The molecule has 3 rings (SSSR count). The van der Waals surface area contributed by atoms with Crippen molar-refractivity contribution in [3.63, 3.8) is 0 Å². The predicted molar refractivity (Wildman–Crippen MR) is 75.8 cm³/mol. The molecule has 0 aliphatic carbocycles. The van der Waals surface area contributed by atoms with Crippen LogP contribution in [0.4, 0.5) is 4.39 Å². The number of carbonyl (C=O) groups is 2. The fraction of sp³-hybridized carbons (Fsp3) is 0.176. The predicted octanol–water partition coefficient (Wildman–Crippen LogP) is 3.06. The average molecular weight is 283 g/mol. The molecule has 2 aromatic carbocycles. The van der Waals surface area contributed by atoms with Gasteiger partial charge in [0.1, 0.15) is 5.82 Å². The smallest absolute Gasteiger partial charge is 0.230 e. The van der Waals surface area contributed by atoms with Crippen molar-refractivity contribution in [3.8, 4) is 0 Å². The van der Waals surface area contributed by atoms with Gasteiger partial charge in [-0.25, -0.2) is 4.39 Å². The molecule has 4 heteroatoms. The third-order valence-corrected chi connectivity index (χ3v) is 3.66. The molecule has 1 saturated heterocycles. The van der Waals surface area contributed by atoms with Gasteiger partial charge in [0.05, 0.1) is 6.04 Å². The molecular formula is C17H14FNO2. The van der Waals surface area contributed by atoms with E-state index in [0.717, 1.165) is 5.56 Å². The van der Waals surface area contributed by atoms with E-state index in [9.17, 15) is 14.0 Å². The number of benzene rings is 2. The van der Waals surface area contributed by atoms with Gasteiger partial charge in [-0.2, -0.15) is 0 Å². The number of nitrogens with zero attached hydrogens (tertiary/aromatic N) is 1. The van der Waals surface area contributed by atoms with E-state index in [1.54, 1.807) is 30.3 Å². The number of rotatable bonds is 3. The number of hydrogen-bond donors (Lipinski definition) is 0. The Morgan fingerprint density at radius 1 is 0.857 bits per heavy atom. The van der Waals surface area contributed by atoms with Gasteiger partial charge in [-0.1, -0.05) is 48.5 Å². The lowest BCUT2D eigenvalue weighted by molar-refractivity contribution is -0.140. The lowest BCUT2D eigenvalue weighted by atomic mass is 9.97. The van der Waals surface area contributed by atoms with Gasteiger partial charge < -0.3 is 0 Å². The minimum atomic E-state index is -0.699. The lowest BCUT2D eigenvalue weighted by Gasteiger charge is -2.27. The van der Waals surface area contributed by atoms with Crippen molar-refractivity contribution >= 4 is 11.8 Å². The minimum absolute atomic E-state index is 0.191. The number of amides is 2. The van der Waals surface area contributed by atoms with E-state index >= 15 is 0 Å². The van der Waals surface area contributed by atoms with Crippen molar-refractivity contribution in [3.05, 3.63) is 71.5 Å². The summed E-state index contributed by atoms with van der Waals surface area (Å²) < 4.78 is 14.2. The molecule has 1 fully saturated rings. The van der Waals surface area contributed by atoms with E-state index in [2.05, 4.69) is 0 Å². The van der Waals surface area contributed by atoms with E-state index in [1.807, 2.05) is 18.2 Å². The fourth-order valence-electron chi connectivity index (χ4n) is 2.68. The van der Waals surface area contributed by atoms with Crippen molar-refractivity contribution in [2.75, 3.05) is 0 Å². The van der Waals surface area contributed by atoms with Crippen LogP contribution in [-0.2, 0) is 9.59 Å². The second-order valence-corrected chi connectivity index (χ2v) is 4.99. The molecule has 1 aliphatic rings. The molecule has 0 saturated carbocycles. The Morgan fingerprint density at radius 3 is 2.05 bits per heavy atom. The molecule has 3 nitrogen and oxygen atoms in total. The first kappa shape index (κ1) is 13.5. The number of likely N-dealkylation sites (tertiary alicyclic amines) is 1. The molecule has 0 radical (unpaired) electrons. The van der Waals surface area contributed by atoms with Crippen LogP contribution in [0.2, 0.25) is 0 Å². The number of halogens is 1. The highest BCUT2D eigenvalue weighted by molar-refractivity contribution is 6.02. The highest BCUT2D eigenvalue weighted by atomic mass is 19.1. The maximum absolute atomic E-state index is 14.2. The Kier molecular flexibility index (Phi) is 3.52. The molecule has 2 amide bonds. The van der Waals surface area contributed by atoms with Gasteiger partial charge in [-0.05, 0) is 11.6 Å². The Morgan fingerprint density at radius 2 is 1.43 bits per heavy atom. The molecule has 0 spiro atoms. The van der Waals surface area contributed by atoms with Gasteiger partial charge in [0.15, 0.2) is 0 Å². The summed E-state index contributed by atoms with van der Waals surface area (Å²) in [6.07, 6.45) is 0.382. The lowest BCUT2D eigenvalue weighted by Crippen LogP contribution is -2.34. The largest absolute Gasteiger partial charge is 0.274 e. The maximum Gasteiger partial charge on any atom is 0.230 e. The highest BCUT2D eigenvalue weighted by Crippen LogP contribution is 2.33. The summed E-state index contributed by atoms with van der Waals surface area (Å²) in [6.45, 7) is 0. The first-order valence-electron chi connectivity index (χ1n) is 6.83. The van der Waals surface area contributed by atoms with Gasteiger partial charge in [0, 0.05) is 18.4 Å². The molecule has 1 atom stereocenters. The van der Waals surface area contributed by atoms with Crippen molar-refractivity contribution < 1.29 is 14.0 Å². The summed E-state index contributed by atoms with van der Waals surface area (Å²) in [5.41, 5.74) is 1.07. The van der Waals surface area contributed by atoms with E-state index in [1.165, 1.54) is 11.0 Å². The normalized spacial score (nSPS) is 16.3. The first-order valence-corrected chi connectivity index (χ1v) is 6.83. The van der Waals surface area contributed by atoms with Crippen molar-refractivity contribution in [1.29, 1.82) is 0 Å². The van der Waals surface area contributed by atoms with Crippen LogP contribution in [0.5, 0.6) is 0 Å². The Balaban J connectivity index is 2.14. The first-order chi connectivity index (χ1) is 10.2. The van der Waals surface area contributed by atoms with E-state index in [4.69, 9.17) is 0 Å². The highest BCUT2D eigenvalue weighted by Gasteiger charge is 2.37. The van der Waals surface area contributed by atoms with Crippen molar-refractivity contribution in [2.45, 2.75) is 18.9 Å². The maximum atomic E-state index is 14.2. The van der Waals surface area contributed by atoms with Gasteiger partial charge in [0.2, 0.25) is 11.8 Å². The van der Waals surface area contributed by atoms with E-state index < -0.39 is 11.9 Å². The van der Waals surface area contributed by atoms with Crippen LogP contribution >= 0.6 is 0 Å². The SMILES string of the molecule is O=C1CCC(=O)N1C(c1ccccc1)c1ccccc1F. The zero-order chi connectivity index (χ0) is 14.8. The van der Waals surface area contributed by atoms with Crippen LogP contribution in [0.3, 0.4) is 0 Å². The van der Waals surface area contributed by atoms with Crippen LogP contribution in [0.1, 0.15) is 30.0 Å². The molecule has 0 N–H and O–H groups in total. The van der Waals surface area contributed by atoms with Crippen LogP contribution in [0.15, 0.2) is 54.6 Å². The number of carbonyl (C=O) groups excluding carboxylic acids is 2. The van der Waals surface area contributed by atoms with Crippen LogP contribution in [0, 0.1) is 5.82 Å². The van der Waals surface area contributed by atoms with E-state index in [-0.39, 0.29) is 24.7 Å². The zero-order valence-corrected chi connectivity index (χ0v) is 11.3. The van der Waals surface area contributed by atoms with Gasteiger partial charge >= 0.3 is 0 Å². The topological polar surface area (TPSA) is 37.4 Å². The molecule has 1 unspecified atom stereocenters. The van der Waals surface area contributed by atoms with Crippen molar-refractivity contribution in [1.82, 2.24) is 4.90 Å². The third-order valence-electron chi connectivity index (χ3n) is 3.66. The van der Waals surface area contributed by atoms with Gasteiger partial charge in [-0.15, -0.1) is 0 Å². The molecule has 0 bridgehead atoms. The second-order valence-electron chi connectivity index (χ2n) is 4.99. The summed E-state index contributed by atoms with van der Waals surface area (Å²) in [6, 6.07) is 14.6. The molecule has 21 heavy (non-hydrogen) atoms. The molecular weight excluding hydrogens is 269 g/mol. The molecule has 0 aromatic heterocycles. The van der Waals surface area contributed by atoms with E-state index in [0.29, 0.717) is 5.56 Å². The third kappa shape index (κ3) is 2.44. The Bertz CT molecular complexity index is 668. The summed E-state index contributed by atoms with van der Waals surface area (Å²) in [5, 5.41) is 0. The average Bonchev–Trinajstić information content (AvgIpc) is 2.83. The molecule has 2 aromatic rings.